The first kappa shape index (κ1) is 11.0. The summed E-state index contributed by atoms with van der Waals surface area (Å²) in [7, 11) is -3.54. The molecule has 1 heterocycles. The highest BCUT2D eigenvalue weighted by Gasteiger charge is 2.33. The van der Waals surface area contributed by atoms with Gasteiger partial charge in [-0.05, 0) is 24.3 Å². The number of benzene rings is 2. The Morgan fingerprint density at radius 1 is 0.833 bits per heavy atom. The van der Waals surface area contributed by atoms with E-state index in [1.54, 1.807) is 36.4 Å². The van der Waals surface area contributed by atoms with Crippen molar-refractivity contribution < 1.29 is 13.2 Å². The minimum Gasteiger partial charge on any atom is -0.281 e. The van der Waals surface area contributed by atoms with Gasteiger partial charge in [-0.2, -0.15) is 0 Å². The highest BCUT2D eigenvalue weighted by Crippen LogP contribution is 2.42. The Hall–Kier alpha value is -2.14. The molecule has 2 aromatic carbocycles. The fraction of sp³-hybridized carbons (Fsp3) is 0. The molecule has 2 aromatic rings. The third-order valence-corrected chi connectivity index (χ3v) is 4.78. The molecule has 3 rings (SSSR count). The summed E-state index contributed by atoms with van der Waals surface area (Å²) in [6.45, 7) is 0. The number of para-hydroxylation sites is 2. The number of nitrogens with zero attached hydrogens (tertiary/aromatic N) is 1. The standard InChI is InChI=1S/C13H9NO3S/c15-9-14-10-5-1-3-7-12(10)18(16,17)13-8-4-2-6-11(13)14/h1-9H. The van der Waals surface area contributed by atoms with Crippen molar-refractivity contribution in [2.24, 2.45) is 0 Å². The number of hydrogen-bond acceptors (Lipinski definition) is 3. The van der Waals surface area contributed by atoms with Crippen LogP contribution in [0, 0.1) is 0 Å². The zero-order chi connectivity index (χ0) is 12.8. The first-order valence-electron chi connectivity index (χ1n) is 5.34. The van der Waals surface area contributed by atoms with Crippen LogP contribution in [0.1, 0.15) is 0 Å². The molecule has 0 aromatic heterocycles. The fourth-order valence-electron chi connectivity index (χ4n) is 2.13. The lowest BCUT2D eigenvalue weighted by Crippen LogP contribution is -2.24. The lowest BCUT2D eigenvalue weighted by molar-refractivity contribution is -0.106. The molecule has 0 bridgehead atoms. The van der Waals surface area contributed by atoms with Crippen LogP contribution >= 0.6 is 0 Å². The monoisotopic (exact) mass is 259 g/mol. The number of hydrogen-bond donors (Lipinski definition) is 0. The van der Waals surface area contributed by atoms with Crippen LogP contribution in [0.5, 0.6) is 0 Å². The highest BCUT2D eigenvalue weighted by atomic mass is 32.2. The van der Waals surface area contributed by atoms with E-state index in [1.807, 2.05) is 0 Å². The average Bonchev–Trinajstić information content (AvgIpc) is 2.40. The van der Waals surface area contributed by atoms with Gasteiger partial charge in [-0.1, -0.05) is 24.3 Å². The number of amides is 1. The molecular weight excluding hydrogens is 250 g/mol. The number of anilines is 2. The quantitative estimate of drug-likeness (QED) is 0.737. The molecule has 18 heavy (non-hydrogen) atoms. The van der Waals surface area contributed by atoms with Crippen molar-refractivity contribution in [2.75, 3.05) is 4.90 Å². The van der Waals surface area contributed by atoms with Gasteiger partial charge in [-0.3, -0.25) is 9.69 Å². The van der Waals surface area contributed by atoms with Crippen molar-refractivity contribution in [1.29, 1.82) is 0 Å². The van der Waals surface area contributed by atoms with Crippen LogP contribution in [0.25, 0.3) is 0 Å². The van der Waals surface area contributed by atoms with Crippen molar-refractivity contribution >= 4 is 27.6 Å². The highest BCUT2D eigenvalue weighted by molar-refractivity contribution is 7.92. The van der Waals surface area contributed by atoms with Crippen molar-refractivity contribution in [1.82, 2.24) is 0 Å². The topological polar surface area (TPSA) is 54.5 Å². The molecule has 0 saturated heterocycles. The Balaban J connectivity index is 2.44. The molecule has 1 aliphatic rings. The lowest BCUT2D eigenvalue weighted by atomic mass is 10.2. The van der Waals surface area contributed by atoms with Crippen LogP contribution in [0.3, 0.4) is 0 Å². The van der Waals surface area contributed by atoms with E-state index in [0.29, 0.717) is 17.8 Å². The van der Waals surface area contributed by atoms with Crippen LogP contribution in [0.2, 0.25) is 0 Å². The number of carbonyl (C=O) groups is 1. The van der Waals surface area contributed by atoms with Crippen molar-refractivity contribution in [3.63, 3.8) is 0 Å². The Bertz CT molecular complexity index is 684. The number of fused-ring (bicyclic) bond motifs is 2. The summed E-state index contributed by atoms with van der Waals surface area (Å²) < 4.78 is 24.8. The first-order valence-corrected chi connectivity index (χ1v) is 6.82. The third-order valence-electron chi connectivity index (χ3n) is 2.93. The molecule has 1 amide bonds. The summed E-state index contributed by atoms with van der Waals surface area (Å²) in [5, 5.41) is 0. The number of sulfone groups is 1. The molecule has 1 aliphatic heterocycles. The Kier molecular flexibility index (Phi) is 2.24. The molecule has 0 fully saturated rings. The molecule has 5 heteroatoms. The normalized spacial score (nSPS) is 15.7. The van der Waals surface area contributed by atoms with Crippen molar-refractivity contribution in [3.05, 3.63) is 48.5 Å². The molecule has 0 saturated carbocycles. The van der Waals surface area contributed by atoms with Gasteiger partial charge in [-0.15, -0.1) is 0 Å². The predicted octanol–water partition coefficient (Wildman–Crippen LogP) is 2.13. The molecule has 0 atom stereocenters. The van der Waals surface area contributed by atoms with Gasteiger partial charge in [0.25, 0.3) is 0 Å². The Morgan fingerprint density at radius 3 is 1.72 bits per heavy atom. The molecule has 0 radical (unpaired) electrons. The minimum atomic E-state index is -3.54. The maximum absolute atomic E-state index is 12.4. The smallest absolute Gasteiger partial charge is 0.218 e. The van der Waals surface area contributed by atoms with Gasteiger partial charge >= 0.3 is 0 Å². The Morgan fingerprint density at radius 2 is 1.28 bits per heavy atom. The summed E-state index contributed by atoms with van der Waals surface area (Å²) in [5.74, 6) is 0. The zero-order valence-electron chi connectivity index (χ0n) is 9.28. The molecule has 4 nitrogen and oxygen atoms in total. The number of carbonyl (C=O) groups excluding carboxylic acids is 1. The molecule has 0 spiro atoms. The van der Waals surface area contributed by atoms with Gasteiger partial charge in [0.2, 0.25) is 16.2 Å². The fourth-order valence-corrected chi connectivity index (χ4v) is 3.76. The van der Waals surface area contributed by atoms with Gasteiger partial charge in [0.1, 0.15) is 0 Å². The largest absolute Gasteiger partial charge is 0.281 e. The molecule has 90 valence electrons. The summed E-state index contributed by atoms with van der Waals surface area (Å²) >= 11 is 0. The van der Waals surface area contributed by atoms with E-state index < -0.39 is 9.84 Å². The summed E-state index contributed by atoms with van der Waals surface area (Å²) in [4.78, 5) is 12.9. The van der Waals surface area contributed by atoms with E-state index in [-0.39, 0.29) is 9.79 Å². The Labute approximate surface area is 104 Å². The van der Waals surface area contributed by atoms with Crippen LogP contribution in [-0.2, 0) is 14.6 Å². The van der Waals surface area contributed by atoms with E-state index in [4.69, 9.17) is 0 Å². The third kappa shape index (κ3) is 1.31. The molecular formula is C13H9NO3S. The van der Waals surface area contributed by atoms with Gasteiger partial charge in [-0.25, -0.2) is 8.42 Å². The van der Waals surface area contributed by atoms with E-state index in [2.05, 4.69) is 0 Å². The molecule has 0 N–H and O–H groups in total. The maximum Gasteiger partial charge on any atom is 0.218 e. The summed E-state index contributed by atoms with van der Waals surface area (Å²) in [6.07, 6.45) is 0.631. The summed E-state index contributed by atoms with van der Waals surface area (Å²) in [6, 6.07) is 13.0. The second-order valence-corrected chi connectivity index (χ2v) is 5.80. The van der Waals surface area contributed by atoms with Gasteiger partial charge < -0.3 is 0 Å². The van der Waals surface area contributed by atoms with Crippen LogP contribution < -0.4 is 4.90 Å². The minimum absolute atomic E-state index is 0.163. The van der Waals surface area contributed by atoms with Gasteiger partial charge in [0.15, 0.2) is 0 Å². The van der Waals surface area contributed by atoms with Crippen molar-refractivity contribution in [2.45, 2.75) is 9.79 Å². The average molecular weight is 259 g/mol. The number of rotatable bonds is 1. The van der Waals surface area contributed by atoms with Crippen molar-refractivity contribution in [3.8, 4) is 0 Å². The second kappa shape index (κ2) is 3.68. The van der Waals surface area contributed by atoms with E-state index in [1.165, 1.54) is 17.0 Å². The molecule has 0 unspecified atom stereocenters. The van der Waals surface area contributed by atoms with Gasteiger partial charge in [0, 0.05) is 0 Å². The first-order chi connectivity index (χ1) is 8.66. The van der Waals surface area contributed by atoms with E-state index >= 15 is 0 Å². The second-order valence-electron chi connectivity index (χ2n) is 3.91. The maximum atomic E-state index is 12.4. The van der Waals surface area contributed by atoms with Gasteiger partial charge in [0.05, 0.1) is 21.2 Å². The van der Waals surface area contributed by atoms with Crippen LogP contribution in [0.15, 0.2) is 58.3 Å². The van der Waals surface area contributed by atoms with Crippen LogP contribution in [0.4, 0.5) is 11.4 Å². The van der Waals surface area contributed by atoms with Crippen LogP contribution in [-0.4, -0.2) is 14.8 Å². The molecule has 0 aliphatic carbocycles. The summed E-state index contributed by atoms with van der Waals surface area (Å²) in [5.41, 5.74) is 0.789. The predicted molar refractivity (Wildman–Crippen MR) is 66.5 cm³/mol. The van der Waals surface area contributed by atoms with E-state index in [0.717, 1.165) is 0 Å². The zero-order valence-corrected chi connectivity index (χ0v) is 10.1. The lowest BCUT2D eigenvalue weighted by Gasteiger charge is -2.27. The SMILES string of the molecule is O=CN1c2ccccc2S(=O)(=O)c2ccccc21. The van der Waals surface area contributed by atoms with E-state index in [9.17, 15) is 13.2 Å².